The minimum absolute atomic E-state index is 0. The average Bonchev–Trinajstić information content (AvgIpc) is 2.93. The fourth-order valence-corrected chi connectivity index (χ4v) is 2.01. The molecule has 4 heteroatoms. The second-order valence-electron chi connectivity index (χ2n) is 4.02. The number of aryl methyl sites for hydroxylation is 1. The number of phenols is 1. The highest BCUT2D eigenvalue weighted by Crippen LogP contribution is 2.43. The second-order valence-corrected chi connectivity index (χ2v) is 4.46. The van der Waals surface area contributed by atoms with Crippen LogP contribution in [-0.2, 0) is 0 Å². The van der Waals surface area contributed by atoms with Crippen molar-refractivity contribution < 1.29 is 5.11 Å². The van der Waals surface area contributed by atoms with E-state index in [9.17, 15) is 5.11 Å². The molecule has 0 bridgehead atoms. The third kappa shape index (κ3) is 2.57. The highest BCUT2D eigenvalue weighted by Gasteiger charge is 2.31. The minimum Gasteiger partial charge on any atom is -0.507 e. The Labute approximate surface area is 101 Å². The number of aromatic hydroxyl groups is 1. The van der Waals surface area contributed by atoms with Gasteiger partial charge in [0.2, 0.25) is 0 Å². The molecule has 3 N–H and O–H groups in total. The molecule has 1 fully saturated rings. The van der Waals surface area contributed by atoms with Crippen molar-refractivity contribution in [2.75, 3.05) is 0 Å². The number of hydrogen-bond acceptors (Lipinski definition) is 2. The van der Waals surface area contributed by atoms with E-state index in [4.69, 9.17) is 17.3 Å². The van der Waals surface area contributed by atoms with E-state index < -0.39 is 0 Å². The molecule has 0 spiro atoms. The summed E-state index contributed by atoms with van der Waals surface area (Å²) in [5.41, 5.74) is 7.60. The maximum atomic E-state index is 9.83. The molecule has 1 saturated carbocycles. The van der Waals surface area contributed by atoms with Gasteiger partial charge >= 0.3 is 0 Å². The highest BCUT2D eigenvalue weighted by atomic mass is 35.5. The van der Waals surface area contributed by atoms with E-state index >= 15 is 0 Å². The lowest BCUT2D eigenvalue weighted by Crippen LogP contribution is -2.12. The van der Waals surface area contributed by atoms with Crippen LogP contribution in [0.5, 0.6) is 5.75 Å². The van der Waals surface area contributed by atoms with Crippen LogP contribution in [0.1, 0.15) is 30.0 Å². The number of nitrogens with two attached hydrogens (primary N) is 1. The maximum Gasteiger partial charge on any atom is 0.123 e. The molecule has 0 unspecified atom stereocenters. The lowest BCUT2D eigenvalue weighted by Gasteiger charge is -2.14. The fourth-order valence-electron chi connectivity index (χ4n) is 1.72. The molecule has 2 rings (SSSR count). The SMILES string of the molecule is Cc1cc(Cl)cc([C@@H](N)C2CC2)c1O.Cl. The summed E-state index contributed by atoms with van der Waals surface area (Å²) in [6.45, 7) is 1.84. The van der Waals surface area contributed by atoms with Gasteiger partial charge < -0.3 is 10.8 Å². The van der Waals surface area contributed by atoms with Gasteiger partial charge in [-0.25, -0.2) is 0 Å². The smallest absolute Gasteiger partial charge is 0.123 e. The van der Waals surface area contributed by atoms with Crippen LogP contribution in [0.25, 0.3) is 0 Å². The third-order valence-electron chi connectivity index (χ3n) is 2.78. The van der Waals surface area contributed by atoms with Crippen molar-refractivity contribution in [2.24, 2.45) is 11.7 Å². The summed E-state index contributed by atoms with van der Waals surface area (Å²) in [4.78, 5) is 0. The molecule has 2 nitrogen and oxygen atoms in total. The van der Waals surface area contributed by atoms with Gasteiger partial charge in [-0.05, 0) is 43.4 Å². The van der Waals surface area contributed by atoms with Crippen LogP contribution >= 0.6 is 24.0 Å². The molecule has 1 aromatic rings. The largest absolute Gasteiger partial charge is 0.507 e. The van der Waals surface area contributed by atoms with E-state index in [-0.39, 0.29) is 18.4 Å². The van der Waals surface area contributed by atoms with E-state index in [0.717, 1.165) is 24.0 Å². The van der Waals surface area contributed by atoms with Gasteiger partial charge in [-0.2, -0.15) is 0 Å². The van der Waals surface area contributed by atoms with Crippen molar-refractivity contribution >= 4 is 24.0 Å². The van der Waals surface area contributed by atoms with Crippen molar-refractivity contribution in [3.8, 4) is 5.75 Å². The summed E-state index contributed by atoms with van der Waals surface area (Å²) < 4.78 is 0. The lowest BCUT2D eigenvalue weighted by molar-refractivity contribution is 0.452. The number of halogens is 2. The van der Waals surface area contributed by atoms with Gasteiger partial charge in [0.1, 0.15) is 5.75 Å². The zero-order valence-corrected chi connectivity index (χ0v) is 10.1. The maximum absolute atomic E-state index is 9.83. The summed E-state index contributed by atoms with van der Waals surface area (Å²) in [6.07, 6.45) is 2.32. The number of hydrogen-bond donors (Lipinski definition) is 2. The van der Waals surface area contributed by atoms with Gasteiger partial charge in [-0.1, -0.05) is 11.6 Å². The van der Waals surface area contributed by atoms with Gasteiger partial charge in [0.25, 0.3) is 0 Å². The Morgan fingerprint density at radius 2 is 2.07 bits per heavy atom. The molecular formula is C11H15Cl2NO. The molecule has 1 aliphatic rings. The Morgan fingerprint density at radius 1 is 1.47 bits per heavy atom. The third-order valence-corrected chi connectivity index (χ3v) is 3.00. The van der Waals surface area contributed by atoms with Gasteiger partial charge in [-0.15, -0.1) is 12.4 Å². The van der Waals surface area contributed by atoms with Crippen LogP contribution in [0.3, 0.4) is 0 Å². The summed E-state index contributed by atoms with van der Waals surface area (Å²) in [5, 5.41) is 10.5. The highest BCUT2D eigenvalue weighted by molar-refractivity contribution is 6.30. The molecule has 15 heavy (non-hydrogen) atoms. The first-order chi connectivity index (χ1) is 6.59. The normalized spacial score (nSPS) is 17.0. The summed E-state index contributed by atoms with van der Waals surface area (Å²) in [7, 11) is 0. The molecule has 0 radical (unpaired) electrons. The Hall–Kier alpha value is -0.440. The standard InChI is InChI=1S/C11H14ClNO.ClH/c1-6-4-8(12)5-9(11(6)14)10(13)7-2-3-7;/h4-5,7,10,14H,2-3,13H2,1H3;1H/t10-;/m0./s1. The zero-order chi connectivity index (χ0) is 10.3. The Bertz CT molecular complexity index is 364. The molecule has 84 valence electrons. The van der Waals surface area contributed by atoms with Gasteiger partial charge in [0.15, 0.2) is 0 Å². The Kier molecular flexibility index (Phi) is 3.87. The topological polar surface area (TPSA) is 46.2 Å². The van der Waals surface area contributed by atoms with Gasteiger partial charge in [0.05, 0.1) is 0 Å². The van der Waals surface area contributed by atoms with E-state index in [1.54, 1.807) is 12.1 Å². The minimum atomic E-state index is -0.0626. The fraction of sp³-hybridized carbons (Fsp3) is 0.455. The first-order valence-corrected chi connectivity index (χ1v) is 5.22. The van der Waals surface area contributed by atoms with E-state index in [0.29, 0.717) is 16.7 Å². The molecule has 0 heterocycles. The van der Waals surface area contributed by atoms with Crippen molar-refractivity contribution in [1.82, 2.24) is 0 Å². The summed E-state index contributed by atoms with van der Waals surface area (Å²) >= 11 is 5.92. The number of benzene rings is 1. The second kappa shape index (κ2) is 4.60. The van der Waals surface area contributed by atoms with Crippen LogP contribution in [-0.4, -0.2) is 5.11 Å². The summed E-state index contributed by atoms with van der Waals surface area (Å²) in [6, 6.07) is 3.46. The van der Waals surface area contributed by atoms with Crippen molar-refractivity contribution in [2.45, 2.75) is 25.8 Å². The molecule has 0 aromatic heterocycles. The first kappa shape index (κ1) is 12.6. The number of rotatable bonds is 2. The van der Waals surface area contributed by atoms with Crippen LogP contribution in [0.15, 0.2) is 12.1 Å². The molecule has 1 atom stereocenters. The van der Waals surface area contributed by atoms with Crippen LogP contribution in [0, 0.1) is 12.8 Å². The van der Waals surface area contributed by atoms with Crippen molar-refractivity contribution in [3.05, 3.63) is 28.3 Å². The zero-order valence-electron chi connectivity index (χ0n) is 8.53. The lowest BCUT2D eigenvalue weighted by atomic mass is 10.00. The summed E-state index contributed by atoms with van der Waals surface area (Å²) in [5.74, 6) is 0.826. The molecular weight excluding hydrogens is 233 g/mol. The van der Waals surface area contributed by atoms with Crippen molar-refractivity contribution in [1.29, 1.82) is 0 Å². The molecule has 0 amide bonds. The molecule has 0 aliphatic heterocycles. The quantitative estimate of drug-likeness (QED) is 0.844. The molecule has 1 aromatic carbocycles. The Morgan fingerprint density at radius 3 is 2.60 bits per heavy atom. The van der Waals surface area contributed by atoms with Gasteiger partial charge in [0, 0.05) is 16.6 Å². The Balaban J connectivity index is 0.00000112. The first-order valence-electron chi connectivity index (χ1n) is 4.84. The predicted molar refractivity (Wildman–Crippen MR) is 64.8 cm³/mol. The molecule has 0 saturated heterocycles. The monoisotopic (exact) mass is 247 g/mol. The van der Waals surface area contributed by atoms with Crippen molar-refractivity contribution in [3.63, 3.8) is 0 Å². The van der Waals surface area contributed by atoms with E-state index in [2.05, 4.69) is 0 Å². The van der Waals surface area contributed by atoms with E-state index in [1.165, 1.54) is 0 Å². The van der Waals surface area contributed by atoms with Crippen LogP contribution < -0.4 is 5.73 Å². The predicted octanol–water partition coefficient (Wildman–Crippen LogP) is 3.19. The van der Waals surface area contributed by atoms with Crippen LogP contribution in [0.2, 0.25) is 5.02 Å². The average molecular weight is 248 g/mol. The van der Waals surface area contributed by atoms with E-state index in [1.807, 2.05) is 6.92 Å². The molecule has 1 aliphatic carbocycles. The van der Waals surface area contributed by atoms with Gasteiger partial charge in [-0.3, -0.25) is 0 Å². The van der Waals surface area contributed by atoms with Crippen LogP contribution in [0.4, 0.5) is 0 Å². The number of phenolic OH excluding ortho intramolecular Hbond substituents is 1.